The van der Waals surface area contributed by atoms with E-state index in [4.69, 9.17) is 33.7 Å². The largest absolute Gasteiger partial charge is 0.456 e. The molecule has 0 fully saturated rings. The van der Waals surface area contributed by atoms with Crippen molar-refractivity contribution in [2.75, 3.05) is 0 Å². The maximum absolute atomic E-state index is 5.95. The first kappa shape index (κ1) is 14.7. The van der Waals surface area contributed by atoms with Crippen molar-refractivity contribution in [3.8, 4) is 11.5 Å². The molecule has 2 aromatic carbocycles. The summed E-state index contributed by atoms with van der Waals surface area (Å²) in [6.45, 7) is 1.93. The molecule has 1 atom stereocenters. The van der Waals surface area contributed by atoms with E-state index in [1.165, 1.54) is 0 Å². The average Bonchev–Trinajstić information content (AvgIpc) is 2.36. The first-order valence-electron chi connectivity index (χ1n) is 5.65. The number of benzene rings is 2. The minimum absolute atomic E-state index is 0.0182. The van der Waals surface area contributed by atoms with Gasteiger partial charge in [-0.05, 0) is 52.7 Å². The Morgan fingerprint density at radius 1 is 1.11 bits per heavy atom. The normalized spacial score (nSPS) is 12.3. The fourth-order valence-electron chi connectivity index (χ4n) is 1.55. The van der Waals surface area contributed by atoms with Crippen molar-refractivity contribution in [1.82, 2.24) is 0 Å². The summed E-state index contributed by atoms with van der Waals surface area (Å²) < 4.78 is 6.59. The third kappa shape index (κ3) is 3.63. The van der Waals surface area contributed by atoms with E-state index in [9.17, 15) is 0 Å². The molecule has 0 aliphatic rings. The van der Waals surface area contributed by atoms with Crippen molar-refractivity contribution >= 4 is 39.1 Å². The Balaban J connectivity index is 2.25. The molecule has 0 saturated heterocycles. The molecule has 2 aromatic rings. The molecule has 0 radical (unpaired) electrons. The minimum atomic E-state index is -0.0182. The number of nitrogens with two attached hydrogens (primary N) is 1. The van der Waals surface area contributed by atoms with Gasteiger partial charge in [-0.3, -0.25) is 0 Å². The highest BCUT2D eigenvalue weighted by molar-refractivity contribution is 9.10. The van der Waals surface area contributed by atoms with Crippen LogP contribution in [0.15, 0.2) is 40.9 Å². The second kappa shape index (κ2) is 6.14. The van der Waals surface area contributed by atoms with E-state index in [0.717, 1.165) is 10.0 Å². The summed E-state index contributed by atoms with van der Waals surface area (Å²) in [5.74, 6) is 1.33. The fraction of sp³-hybridized carbons (Fsp3) is 0.143. The van der Waals surface area contributed by atoms with Gasteiger partial charge in [-0.25, -0.2) is 0 Å². The lowest BCUT2D eigenvalue weighted by molar-refractivity contribution is 0.479. The summed E-state index contributed by atoms with van der Waals surface area (Å²) in [5, 5.41) is 0.961. The summed E-state index contributed by atoms with van der Waals surface area (Å²) in [6, 6.07) is 10.9. The Hall–Kier alpha value is -0.740. The monoisotopic (exact) mass is 359 g/mol. The fourth-order valence-corrected chi connectivity index (χ4v) is 2.32. The van der Waals surface area contributed by atoms with Crippen LogP contribution in [-0.2, 0) is 0 Å². The molecular formula is C14H12BrCl2NO. The summed E-state index contributed by atoms with van der Waals surface area (Å²) in [6.07, 6.45) is 0. The van der Waals surface area contributed by atoms with E-state index < -0.39 is 0 Å². The second-order valence-electron chi connectivity index (χ2n) is 4.16. The number of hydrogen-bond donors (Lipinski definition) is 1. The van der Waals surface area contributed by atoms with Gasteiger partial charge in [0, 0.05) is 12.1 Å². The van der Waals surface area contributed by atoms with Gasteiger partial charge < -0.3 is 10.5 Å². The zero-order valence-electron chi connectivity index (χ0n) is 10.2. The smallest absolute Gasteiger partial charge is 0.141 e. The molecule has 2 nitrogen and oxygen atoms in total. The van der Waals surface area contributed by atoms with Gasteiger partial charge in [-0.1, -0.05) is 29.3 Å². The second-order valence-corrected chi connectivity index (χ2v) is 5.83. The first-order chi connectivity index (χ1) is 8.97. The van der Waals surface area contributed by atoms with E-state index in [2.05, 4.69) is 15.9 Å². The highest BCUT2D eigenvalue weighted by Crippen LogP contribution is 2.34. The predicted molar refractivity (Wildman–Crippen MR) is 83.3 cm³/mol. The Kier molecular flexibility index (Phi) is 4.74. The van der Waals surface area contributed by atoms with Crippen molar-refractivity contribution in [2.24, 2.45) is 5.73 Å². The number of rotatable bonds is 3. The summed E-state index contributed by atoms with van der Waals surface area (Å²) in [5.41, 5.74) is 6.86. The summed E-state index contributed by atoms with van der Waals surface area (Å²) in [7, 11) is 0. The quantitative estimate of drug-likeness (QED) is 0.776. The molecule has 0 heterocycles. The molecule has 0 saturated carbocycles. The number of halogens is 3. The van der Waals surface area contributed by atoms with Crippen molar-refractivity contribution < 1.29 is 4.74 Å². The maximum atomic E-state index is 5.95. The van der Waals surface area contributed by atoms with Gasteiger partial charge in [0.15, 0.2) is 0 Å². The Morgan fingerprint density at radius 3 is 2.42 bits per heavy atom. The summed E-state index contributed by atoms with van der Waals surface area (Å²) in [4.78, 5) is 0. The number of ether oxygens (including phenoxy) is 1. The molecule has 100 valence electrons. The highest BCUT2D eigenvalue weighted by Gasteiger charge is 2.07. The van der Waals surface area contributed by atoms with Crippen LogP contribution >= 0.6 is 39.1 Å². The lowest BCUT2D eigenvalue weighted by atomic mass is 10.1. The molecule has 0 bridgehead atoms. The maximum Gasteiger partial charge on any atom is 0.141 e. The van der Waals surface area contributed by atoms with E-state index in [0.29, 0.717) is 21.5 Å². The lowest BCUT2D eigenvalue weighted by Crippen LogP contribution is -2.04. The zero-order chi connectivity index (χ0) is 14.0. The van der Waals surface area contributed by atoms with Gasteiger partial charge >= 0.3 is 0 Å². The van der Waals surface area contributed by atoms with Crippen LogP contribution in [0.1, 0.15) is 18.5 Å². The molecule has 0 amide bonds. The van der Waals surface area contributed by atoms with E-state index >= 15 is 0 Å². The predicted octanol–water partition coefficient (Wildman–Crippen LogP) is 5.57. The first-order valence-corrected chi connectivity index (χ1v) is 7.20. The molecular weight excluding hydrogens is 349 g/mol. The van der Waals surface area contributed by atoms with Gasteiger partial charge in [-0.15, -0.1) is 0 Å². The van der Waals surface area contributed by atoms with Gasteiger partial charge in [0.2, 0.25) is 0 Å². The molecule has 0 aliphatic carbocycles. The SMILES string of the molecule is C[C@@H](N)c1ccc(Oc2ccc(Cl)c(Cl)c2)c(Br)c1. The highest BCUT2D eigenvalue weighted by atomic mass is 79.9. The van der Waals surface area contributed by atoms with Crippen LogP contribution in [0, 0.1) is 0 Å². The van der Waals surface area contributed by atoms with E-state index in [1.54, 1.807) is 18.2 Å². The van der Waals surface area contributed by atoms with Crippen molar-refractivity contribution in [3.63, 3.8) is 0 Å². The third-order valence-electron chi connectivity index (χ3n) is 2.60. The van der Waals surface area contributed by atoms with Crippen LogP contribution in [0.2, 0.25) is 10.0 Å². The molecule has 2 rings (SSSR count). The third-order valence-corrected chi connectivity index (χ3v) is 3.96. The van der Waals surface area contributed by atoms with Crippen LogP contribution in [0.4, 0.5) is 0 Å². The van der Waals surface area contributed by atoms with Gasteiger partial charge in [0.05, 0.1) is 14.5 Å². The molecule has 0 spiro atoms. The average molecular weight is 361 g/mol. The van der Waals surface area contributed by atoms with Crippen LogP contribution in [0.3, 0.4) is 0 Å². The standard InChI is InChI=1S/C14H12BrCl2NO/c1-8(18)9-2-5-14(11(15)6-9)19-10-3-4-12(16)13(17)7-10/h2-8H,18H2,1H3/t8-/m1/s1. The minimum Gasteiger partial charge on any atom is -0.456 e. The van der Waals surface area contributed by atoms with Crippen molar-refractivity contribution in [1.29, 1.82) is 0 Å². The van der Waals surface area contributed by atoms with E-state index in [1.807, 2.05) is 25.1 Å². The van der Waals surface area contributed by atoms with Crippen LogP contribution in [-0.4, -0.2) is 0 Å². The van der Waals surface area contributed by atoms with Gasteiger partial charge in [-0.2, -0.15) is 0 Å². The Labute approximate surface area is 130 Å². The molecule has 2 N–H and O–H groups in total. The molecule has 19 heavy (non-hydrogen) atoms. The van der Waals surface area contributed by atoms with Gasteiger partial charge in [0.25, 0.3) is 0 Å². The van der Waals surface area contributed by atoms with Gasteiger partial charge in [0.1, 0.15) is 11.5 Å². The topological polar surface area (TPSA) is 35.2 Å². The molecule has 0 aromatic heterocycles. The molecule has 5 heteroatoms. The Bertz CT molecular complexity index is 602. The van der Waals surface area contributed by atoms with Crippen LogP contribution in [0.25, 0.3) is 0 Å². The number of hydrogen-bond acceptors (Lipinski definition) is 2. The van der Waals surface area contributed by atoms with E-state index in [-0.39, 0.29) is 6.04 Å². The Morgan fingerprint density at radius 2 is 1.84 bits per heavy atom. The van der Waals surface area contributed by atoms with Crippen molar-refractivity contribution in [3.05, 3.63) is 56.5 Å². The summed E-state index contributed by atoms with van der Waals surface area (Å²) >= 11 is 15.3. The van der Waals surface area contributed by atoms with Crippen LogP contribution in [0.5, 0.6) is 11.5 Å². The molecule has 0 aliphatic heterocycles. The lowest BCUT2D eigenvalue weighted by Gasteiger charge is -2.11. The van der Waals surface area contributed by atoms with Crippen molar-refractivity contribution in [2.45, 2.75) is 13.0 Å². The molecule has 0 unspecified atom stereocenters. The van der Waals surface area contributed by atoms with Crippen LogP contribution < -0.4 is 10.5 Å². The zero-order valence-corrected chi connectivity index (χ0v) is 13.3.